The SMILES string of the molecule is Cl.Nc1ccc(N)c(C=CC(=O)Nc2cc([N+](=O)[O-])ccc2O)c1. The highest BCUT2D eigenvalue weighted by Crippen LogP contribution is 2.27. The van der Waals surface area contributed by atoms with Crippen molar-refractivity contribution in [1.82, 2.24) is 0 Å². The van der Waals surface area contributed by atoms with Crippen molar-refractivity contribution in [2.24, 2.45) is 0 Å². The molecule has 8 nitrogen and oxygen atoms in total. The summed E-state index contributed by atoms with van der Waals surface area (Å²) >= 11 is 0. The van der Waals surface area contributed by atoms with Crippen molar-refractivity contribution >= 4 is 47.1 Å². The number of nitrogen functional groups attached to an aromatic ring is 2. The average molecular weight is 351 g/mol. The molecule has 9 heteroatoms. The molecule has 0 bridgehead atoms. The van der Waals surface area contributed by atoms with Crippen molar-refractivity contribution in [3.05, 3.63) is 58.2 Å². The number of carbonyl (C=O) groups excluding carboxylic acids is 1. The predicted molar refractivity (Wildman–Crippen MR) is 94.9 cm³/mol. The molecule has 0 atom stereocenters. The van der Waals surface area contributed by atoms with Gasteiger partial charge in [0.1, 0.15) is 5.75 Å². The lowest BCUT2D eigenvalue weighted by Gasteiger charge is -2.05. The number of phenols is 1. The number of amides is 1. The molecule has 6 N–H and O–H groups in total. The van der Waals surface area contributed by atoms with Gasteiger partial charge in [-0.15, -0.1) is 12.4 Å². The molecule has 0 saturated heterocycles. The molecule has 0 aromatic heterocycles. The van der Waals surface area contributed by atoms with E-state index in [1.54, 1.807) is 18.2 Å². The van der Waals surface area contributed by atoms with Crippen molar-refractivity contribution in [2.45, 2.75) is 0 Å². The smallest absolute Gasteiger partial charge is 0.271 e. The molecule has 0 fully saturated rings. The number of non-ortho nitro benzene ring substituents is 1. The van der Waals surface area contributed by atoms with Gasteiger partial charge in [-0.25, -0.2) is 0 Å². The topological polar surface area (TPSA) is 145 Å². The first-order chi connectivity index (χ1) is 10.9. The average Bonchev–Trinajstić information content (AvgIpc) is 2.50. The highest BCUT2D eigenvalue weighted by atomic mass is 35.5. The number of phenolic OH excluding ortho intramolecular Hbond substituents is 1. The van der Waals surface area contributed by atoms with E-state index in [4.69, 9.17) is 11.5 Å². The van der Waals surface area contributed by atoms with E-state index in [1.165, 1.54) is 12.2 Å². The monoisotopic (exact) mass is 350 g/mol. The van der Waals surface area contributed by atoms with Crippen molar-refractivity contribution in [3.8, 4) is 5.75 Å². The van der Waals surface area contributed by atoms with Crippen LogP contribution in [0.2, 0.25) is 0 Å². The van der Waals surface area contributed by atoms with Gasteiger partial charge >= 0.3 is 0 Å². The van der Waals surface area contributed by atoms with Crippen LogP contribution in [0.15, 0.2) is 42.5 Å². The number of nitrogens with one attached hydrogen (secondary N) is 1. The zero-order valence-electron chi connectivity index (χ0n) is 12.3. The first kappa shape index (κ1) is 18.8. The summed E-state index contributed by atoms with van der Waals surface area (Å²) in [5.41, 5.74) is 12.6. The van der Waals surface area contributed by atoms with Gasteiger partial charge in [-0.05, 0) is 35.9 Å². The van der Waals surface area contributed by atoms with Crippen LogP contribution in [0.3, 0.4) is 0 Å². The quantitative estimate of drug-likeness (QED) is 0.219. The number of nitrogens with zero attached hydrogens (tertiary/aromatic N) is 1. The Hall–Kier alpha value is -3.26. The minimum atomic E-state index is -0.627. The molecule has 0 aliphatic carbocycles. The van der Waals surface area contributed by atoms with Gasteiger partial charge in [0.2, 0.25) is 5.91 Å². The molecule has 0 saturated carbocycles. The molecule has 0 radical (unpaired) electrons. The summed E-state index contributed by atoms with van der Waals surface area (Å²) in [5, 5.41) is 22.7. The lowest BCUT2D eigenvalue weighted by atomic mass is 10.1. The van der Waals surface area contributed by atoms with Gasteiger partial charge in [-0.2, -0.15) is 0 Å². The number of nitro groups is 1. The Morgan fingerprint density at radius 1 is 1.21 bits per heavy atom. The Morgan fingerprint density at radius 2 is 1.92 bits per heavy atom. The normalized spacial score (nSPS) is 10.2. The third-order valence-corrected chi connectivity index (χ3v) is 2.97. The number of nitro benzene ring substituents is 1. The van der Waals surface area contributed by atoms with Crippen LogP contribution in [-0.4, -0.2) is 15.9 Å². The van der Waals surface area contributed by atoms with Crippen LogP contribution in [0.5, 0.6) is 5.75 Å². The van der Waals surface area contributed by atoms with Crippen molar-refractivity contribution in [1.29, 1.82) is 0 Å². The molecular formula is C15H15ClN4O4. The number of aromatic hydroxyl groups is 1. The molecule has 0 spiro atoms. The second kappa shape index (κ2) is 7.84. The summed E-state index contributed by atoms with van der Waals surface area (Å²) in [6.45, 7) is 0. The Labute approximate surface area is 143 Å². The summed E-state index contributed by atoms with van der Waals surface area (Å²) in [7, 11) is 0. The predicted octanol–water partition coefficient (Wildman–Crippen LogP) is 2.54. The van der Waals surface area contributed by atoms with Crippen LogP contribution in [0.25, 0.3) is 6.08 Å². The molecule has 126 valence electrons. The maximum atomic E-state index is 11.9. The second-order valence-electron chi connectivity index (χ2n) is 4.67. The maximum Gasteiger partial charge on any atom is 0.271 e. The van der Waals surface area contributed by atoms with E-state index in [0.717, 1.165) is 18.2 Å². The molecule has 24 heavy (non-hydrogen) atoms. The lowest BCUT2D eigenvalue weighted by Crippen LogP contribution is -2.08. The fourth-order valence-electron chi connectivity index (χ4n) is 1.82. The van der Waals surface area contributed by atoms with Crippen molar-refractivity contribution in [3.63, 3.8) is 0 Å². The zero-order valence-corrected chi connectivity index (χ0v) is 13.1. The molecule has 0 heterocycles. The summed E-state index contributed by atoms with van der Waals surface area (Å²) in [6, 6.07) is 8.18. The summed E-state index contributed by atoms with van der Waals surface area (Å²) < 4.78 is 0. The number of rotatable bonds is 4. The molecule has 0 aliphatic rings. The third kappa shape index (κ3) is 4.62. The molecule has 0 aliphatic heterocycles. The lowest BCUT2D eigenvalue weighted by molar-refractivity contribution is -0.384. The minimum absolute atomic E-state index is 0. The van der Waals surface area contributed by atoms with Crippen LogP contribution in [0.4, 0.5) is 22.7 Å². The van der Waals surface area contributed by atoms with Gasteiger partial charge in [0.05, 0.1) is 10.6 Å². The largest absolute Gasteiger partial charge is 0.506 e. The van der Waals surface area contributed by atoms with E-state index in [0.29, 0.717) is 16.9 Å². The van der Waals surface area contributed by atoms with E-state index in [1.807, 2.05) is 0 Å². The standard InChI is InChI=1S/C15H14N4O4.ClH/c16-10-2-4-12(17)9(7-10)1-6-15(21)18-13-8-11(19(22)23)3-5-14(13)20;/h1-8,20H,16-17H2,(H,18,21);1H. The van der Waals surface area contributed by atoms with E-state index >= 15 is 0 Å². The highest BCUT2D eigenvalue weighted by molar-refractivity contribution is 6.03. The number of benzene rings is 2. The third-order valence-electron chi connectivity index (χ3n) is 2.97. The summed E-state index contributed by atoms with van der Waals surface area (Å²) in [4.78, 5) is 21.9. The number of hydrogen-bond acceptors (Lipinski definition) is 6. The Bertz CT molecular complexity index is 808. The number of anilines is 3. The number of hydrogen-bond donors (Lipinski definition) is 4. The van der Waals surface area contributed by atoms with E-state index < -0.39 is 10.8 Å². The molecule has 2 rings (SSSR count). The van der Waals surface area contributed by atoms with Crippen LogP contribution in [0, 0.1) is 10.1 Å². The van der Waals surface area contributed by atoms with Gasteiger partial charge < -0.3 is 21.9 Å². The van der Waals surface area contributed by atoms with Crippen molar-refractivity contribution < 1.29 is 14.8 Å². The van der Waals surface area contributed by atoms with Gasteiger partial charge in [0, 0.05) is 29.6 Å². The molecule has 2 aromatic carbocycles. The first-order valence-electron chi connectivity index (χ1n) is 6.48. The molecule has 0 unspecified atom stereocenters. The molecule has 2 aromatic rings. The van der Waals surface area contributed by atoms with Crippen LogP contribution in [-0.2, 0) is 4.79 Å². The van der Waals surface area contributed by atoms with Crippen LogP contribution in [0.1, 0.15) is 5.56 Å². The fraction of sp³-hybridized carbons (Fsp3) is 0. The van der Waals surface area contributed by atoms with Crippen molar-refractivity contribution in [2.75, 3.05) is 16.8 Å². The van der Waals surface area contributed by atoms with Gasteiger partial charge in [-0.1, -0.05) is 0 Å². The Morgan fingerprint density at radius 3 is 2.58 bits per heavy atom. The number of nitrogens with two attached hydrogens (primary N) is 2. The highest BCUT2D eigenvalue weighted by Gasteiger charge is 2.11. The minimum Gasteiger partial charge on any atom is -0.506 e. The van der Waals surface area contributed by atoms with Gasteiger partial charge in [-0.3, -0.25) is 14.9 Å². The Kier molecular flexibility index (Phi) is 6.14. The van der Waals surface area contributed by atoms with Crippen LogP contribution >= 0.6 is 12.4 Å². The van der Waals surface area contributed by atoms with Gasteiger partial charge in [0.15, 0.2) is 0 Å². The van der Waals surface area contributed by atoms with Crippen LogP contribution < -0.4 is 16.8 Å². The first-order valence-corrected chi connectivity index (χ1v) is 6.48. The van der Waals surface area contributed by atoms with E-state index in [-0.39, 0.29) is 29.5 Å². The maximum absolute atomic E-state index is 11.9. The second-order valence-corrected chi connectivity index (χ2v) is 4.67. The fourth-order valence-corrected chi connectivity index (χ4v) is 1.82. The van der Waals surface area contributed by atoms with E-state index in [2.05, 4.69) is 5.32 Å². The zero-order chi connectivity index (χ0) is 17.0. The summed E-state index contributed by atoms with van der Waals surface area (Å²) in [5.74, 6) is -0.858. The summed E-state index contributed by atoms with van der Waals surface area (Å²) in [6.07, 6.45) is 2.64. The molecular weight excluding hydrogens is 336 g/mol. The number of carbonyl (C=O) groups is 1. The molecule has 1 amide bonds. The van der Waals surface area contributed by atoms with E-state index in [9.17, 15) is 20.0 Å². The number of halogens is 1. The van der Waals surface area contributed by atoms with Gasteiger partial charge in [0.25, 0.3) is 5.69 Å². The Balaban J connectivity index is 0.00000288.